The van der Waals surface area contributed by atoms with Gasteiger partial charge < -0.3 is 9.84 Å². The predicted octanol–water partition coefficient (Wildman–Crippen LogP) is 6.55. The van der Waals surface area contributed by atoms with Crippen molar-refractivity contribution in [2.75, 3.05) is 0 Å². The smallest absolute Gasteiger partial charge is 0.297 e. The highest BCUT2D eigenvalue weighted by molar-refractivity contribution is 7.10. The lowest BCUT2D eigenvalue weighted by Crippen LogP contribution is -2.50. The first-order chi connectivity index (χ1) is 15.4. The molecule has 0 saturated heterocycles. The monoisotopic (exact) mass is 447 g/mol. The molecule has 166 valence electrons. The third-order valence-corrected chi connectivity index (χ3v) is 10.6. The summed E-state index contributed by atoms with van der Waals surface area (Å²) in [5.74, 6) is 2.46. The Bertz CT molecular complexity index is 1140. The Morgan fingerprint density at radius 1 is 1.19 bits per heavy atom. The van der Waals surface area contributed by atoms with Gasteiger partial charge in [0.05, 0.1) is 5.92 Å². The second-order valence-electron chi connectivity index (χ2n) is 10.9. The fraction of sp³-hybridized carbons (Fsp3) is 0.556. The SMILES string of the molecule is C[C@]12CCC(=O)C=C1CC[C@@H]1[C@@H]2CC[C@]2(C)C3=C(C[C@@H]12)C(c1cccs1)C(C#N)=C(O)O3. The summed E-state index contributed by atoms with van der Waals surface area (Å²) in [6.07, 6.45) is 8.83. The molecule has 0 amide bonds. The van der Waals surface area contributed by atoms with E-state index in [4.69, 9.17) is 4.74 Å². The number of rotatable bonds is 1. The van der Waals surface area contributed by atoms with Gasteiger partial charge in [0.25, 0.3) is 5.95 Å². The molecule has 2 heterocycles. The van der Waals surface area contributed by atoms with Gasteiger partial charge in [0.1, 0.15) is 17.4 Å². The first-order valence-electron chi connectivity index (χ1n) is 11.9. The maximum Gasteiger partial charge on any atom is 0.297 e. The van der Waals surface area contributed by atoms with Crippen LogP contribution >= 0.6 is 11.3 Å². The molecule has 2 fully saturated rings. The molecular formula is C27H29NO3S. The normalized spacial score (nSPS) is 40.5. The van der Waals surface area contributed by atoms with Crippen LogP contribution in [0.4, 0.5) is 0 Å². The maximum atomic E-state index is 12.1. The number of hydrogen-bond acceptors (Lipinski definition) is 5. The minimum atomic E-state index is -0.208. The van der Waals surface area contributed by atoms with Crippen molar-refractivity contribution < 1.29 is 14.6 Å². The summed E-state index contributed by atoms with van der Waals surface area (Å²) in [6, 6.07) is 6.33. The second kappa shape index (κ2) is 6.84. The second-order valence-corrected chi connectivity index (χ2v) is 11.8. The average Bonchev–Trinajstić information content (AvgIpc) is 3.40. The Morgan fingerprint density at radius 3 is 2.78 bits per heavy atom. The first kappa shape index (κ1) is 20.3. The van der Waals surface area contributed by atoms with Gasteiger partial charge in [0, 0.05) is 16.7 Å². The zero-order valence-corrected chi connectivity index (χ0v) is 19.5. The Hall–Kier alpha value is -2.32. The van der Waals surface area contributed by atoms with E-state index >= 15 is 0 Å². The number of ketones is 1. The van der Waals surface area contributed by atoms with Crippen molar-refractivity contribution in [3.8, 4) is 6.07 Å². The van der Waals surface area contributed by atoms with E-state index in [1.54, 1.807) is 11.3 Å². The summed E-state index contributed by atoms with van der Waals surface area (Å²) in [5, 5.41) is 22.6. The number of hydrogen-bond donors (Lipinski definition) is 1. The Kier molecular flexibility index (Phi) is 4.34. The minimum Gasteiger partial charge on any atom is -0.480 e. The quantitative estimate of drug-likeness (QED) is 0.530. The minimum absolute atomic E-state index is 0.108. The predicted molar refractivity (Wildman–Crippen MR) is 123 cm³/mol. The van der Waals surface area contributed by atoms with Gasteiger partial charge in [-0.1, -0.05) is 25.5 Å². The van der Waals surface area contributed by atoms with E-state index in [9.17, 15) is 15.2 Å². The highest BCUT2D eigenvalue weighted by Gasteiger charge is 2.61. The molecule has 1 aromatic heterocycles. The number of nitrogens with zero attached hydrogens (tertiary/aromatic N) is 1. The third kappa shape index (κ3) is 2.56. The highest BCUT2D eigenvalue weighted by atomic mass is 32.1. The van der Waals surface area contributed by atoms with Gasteiger partial charge >= 0.3 is 0 Å². The molecule has 0 radical (unpaired) electrons. The van der Waals surface area contributed by atoms with Crippen LogP contribution in [0.2, 0.25) is 0 Å². The Morgan fingerprint density at radius 2 is 2.03 bits per heavy atom. The van der Waals surface area contributed by atoms with E-state index < -0.39 is 0 Å². The van der Waals surface area contributed by atoms with E-state index in [0.717, 1.165) is 49.2 Å². The van der Waals surface area contributed by atoms with Crippen LogP contribution in [0.1, 0.15) is 69.6 Å². The molecule has 1 aromatic rings. The van der Waals surface area contributed by atoms with Crippen LogP contribution in [0.25, 0.3) is 0 Å². The lowest BCUT2D eigenvalue weighted by molar-refractivity contribution is -0.117. The van der Waals surface area contributed by atoms with Crippen molar-refractivity contribution in [2.24, 2.45) is 28.6 Å². The molecule has 0 bridgehead atoms. The number of thiophene rings is 1. The van der Waals surface area contributed by atoms with Crippen LogP contribution in [0.3, 0.4) is 0 Å². The number of ether oxygens (including phenoxy) is 1. The number of carbonyl (C=O) groups excluding carboxylic acids is 1. The zero-order chi connectivity index (χ0) is 22.3. The van der Waals surface area contributed by atoms with Crippen LogP contribution in [0.5, 0.6) is 0 Å². The first-order valence-corrected chi connectivity index (χ1v) is 12.8. The van der Waals surface area contributed by atoms with Crippen LogP contribution < -0.4 is 0 Å². The van der Waals surface area contributed by atoms with E-state index in [0.29, 0.717) is 35.5 Å². The lowest BCUT2D eigenvalue weighted by Gasteiger charge is -2.57. The lowest BCUT2D eigenvalue weighted by atomic mass is 9.47. The molecule has 1 aliphatic heterocycles. The molecule has 32 heavy (non-hydrogen) atoms. The molecule has 4 nitrogen and oxygen atoms in total. The van der Waals surface area contributed by atoms with E-state index in [-0.39, 0.29) is 22.7 Å². The Labute approximate surface area is 193 Å². The molecule has 0 aromatic carbocycles. The Balaban J connectivity index is 1.40. The van der Waals surface area contributed by atoms with E-state index in [1.165, 1.54) is 11.1 Å². The number of carbonyl (C=O) groups is 1. The summed E-state index contributed by atoms with van der Waals surface area (Å²) in [5.41, 5.74) is 2.96. The van der Waals surface area contributed by atoms with Crippen LogP contribution in [0, 0.1) is 39.9 Å². The van der Waals surface area contributed by atoms with Crippen LogP contribution in [-0.4, -0.2) is 10.9 Å². The van der Waals surface area contributed by atoms with Gasteiger partial charge in [-0.3, -0.25) is 4.79 Å². The fourth-order valence-electron chi connectivity index (χ4n) is 8.00. The van der Waals surface area contributed by atoms with Crippen LogP contribution in [-0.2, 0) is 9.53 Å². The number of allylic oxidation sites excluding steroid dienone is 5. The molecule has 6 atom stereocenters. The van der Waals surface area contributed by atoms with Crippen molar-refractivity contribution in [3.63, 3.8) is 0 Å². The number of aliphatic hydroxyl groups excluding tert-OH is 1. The summed E-state index contributed by atoms with van der Waals surface area (Å²) in [4.78, 5) is 13.2. The molecule has 2 saturated carbocycles. The van der Waals surface area contributed by atoms with E-state index in [2.05, 4.69) is 26.0 Å². The van der Waals surface area contributed by atoms with Crippen LogP contribution in [0.15, 0.2) is 52.0 Å². The van der Waals surface area contributed by atoms with Gasteiger partial charge in [0.15, 0.2) is 5.78 Å². The fourth-order valence-corrected chi connectivity index (χ4v) is 8.86. The average molecular weight is 448 g/mol. The molecule has 5 aliphatic rings. The number of aliphatic hydroxyl groups is 1. The summed E-state index contributed by atoms with van der Waals surface area (Å²) >= 11 is 1.64. The van der Waals surface area contributed by atoms with E-state index in [1.807, 2.05) is 17.5 Å². The van der Waals surface area contributed by atoms with Crippen molar-refractivity contribution in [1.29, 1.82) is 5.26 Å². The number of fused-ring (bicyclic) bond motifs is 6. The largest absolute Gasteiger partial charge is 0.480 e. The molecule has 4 aliphatic carbocycles. The topological polar surface area (TPSA) is 70.3 Å². The zero-order valence-electron chi connectivity index (χ0n) is 18.7. The van der Waals surface area contributed by atoms with Gasteiger partial charge in [-0.2, -0.15) is 5.26 Å². The van der Waals surface area contributed by atoms with Gasteiger partial charge in [-0.05, 0) is 84.8 Å². The molecule has 5 heteroatoms. The number of nitriles is 1. The summed E-state index contributed by atoms with van der Waals surface area (Å²) in [6.45, 7) is 4.73. The molecular weight excluding hydrogens is 418 g/mol. The summed E-state index contributed by atoms with van der Waals surface area (Å²) < 4.78 is 6.08. The molecule has 6 rings (SSSR count). The molecule has 0 spiro atoms. The summed E-state index contributed by atoms with van der Waals surface area (Å²) in [7, 11) is 0. The highest BCUT2D eigenvalue weighted by Crippen LogP contribution is 2.68. The van der Waals surface area contributed by atoms with Crippen molar-refractivity contribution in [1.82, 2.24) is 0 Å². The third-order valence-electron chi connectivity index (χ3n) is 9.62. The molecule has 1 unspecified atom stereocenters. The van der Waals surface area contributed by atoms with Crippen molar-refractivity contribution >= 4 is 17.1 Å². The molecule has 1 N–H and O–H groups in total. The maximum absolute atomic E-state index is 12.1. The van der Waals surface area contributed by atoms with Gasteiger partial charge in [-0.25, -0.2) is 0 Å². The standard InChI is InChI=1S/C27H29NO3S/c1-26-9-7-16(29)12-15(26)5-6-17-20(26)8-10-27(2)21(17)13-18-23(22-4-3-11-32-22)19(14-28)25(30)31-24(18)27/h3-4,11-12,17,20-21,23,30H,5-10,13H2,1-2H3/t17-,20+,21+,23?,26+,27+/m1/s1. The van der Waals surface area contributed by atoms with Crippen molar-refractivity contribution in [2.45, 2.75) is 64.7 Å². The van der Waals surface area contributed by atoms with Crippen molar-refractivity contribution in [3.05, 3.63) is 56.9 Å². The van der Waals surface area contributed by atoms with Gasteiger partial charge in [0.2, 0.25) is 0 Å². The van der Waals surface area contributed by atoms with Gasteiger partial charge in [-0.15, -0.1) is 11.3 Å².